The van der Waals surface area contributed by atoms with Gasteiger partial charge in [-0.2, -0.15) is 4.37 Å². The average molecular weight is 226 g/mol. The third kappa shape index (κ3) is 1.82. The number of aromatic nitrogens is 2. The van der Waals surface area contributed by atoms with E-state index in [1.165, 1.54) is 18.6 Å². The SMILES string of the molecule is Cc1nsc(NC2CC(=O)N(C)C2=O)n1. The van der Waals surface area contributed by atoms with Crippen LogP contribution in [0.2, 0.25) is 0 Å². The number of hydrogen-bond donors (Lipinski definition) is 1. The van der Waals surface area contributed by atoms with Gasteiger partial charge in [-0.25, -0.2) is 4.98 Å². The number of nitrogens with one attached hydrogen (secondary N) is 1. The number of likely N-dealkylation sites (N-methyl/N-ethyl adjacent to an activating group) is 1. The van der Waals surface area contributed by atoms with E-state index in [0.717, 1.165) is 4.90 Å². The topological polar surface area (TPSA) is 75.2 Å². The Kier molecular flexibility index (Phi) is 2.39. The second-order valence-electron chi connectivity index (χ2n) is 3.34. The van der Waals surface area contributed by atoms with E-state index in [4.69, 9.17) is 0 Å². The monoisotopic (exact) mass is 226 g/mol. The summed E-state index contributed by atoms with van der Waals surface area (Å²) in [7, 11) is 1.48. The summed E-state index contributed by atoms with van der Waals surface area (Å²) in [6.45, 7) is 1.77. The molecular formula is C8H10N4O2S. The Bertz CT molecular complexity index is 417. The zero-order valence-corrected chi connectivity index (χ0v) is 9.17. The van der Waals surface area contributed by atoms with Crippen LogP contribution in [0.3, 0.4) is 0 Å². The van der Waals surface area contributed by atoms with Crippen LogP contribution < -0.4 is 5.32 Å². The predicted molar refractivity (Wildman–Crippen MR) is 54.5 cm³/mol. The lowest BCUT2D eigenvalue weighted by Gasteiger charge is -2.08. The van der Waals surface area contributed by atoms with Crippen LogP contribution in [0.5, 0.6) is 0 Å². The molecule has 0 aromatic carbocycles. The Labute approximate surface area is 90.5 Å². The molecule has 15 heavy (non-hydrogen) atoms. The molecule has 1 aliphatic heterocycles. The zero-order chi connectivity index (χ0) is 11.0. The average Bonchev–Trinajstić information content (AvgIpc) is 2.68. The van der Waals surface area contributed by atoms with Crippen molar-refractivity contribution in [2.24, 2.45) is 0 Å². The van der Waals surface area contributed by atoms with Crippen molar-refractivity contribution in [3.8, 4) is 0 Å². The molecular weight excluding hydrogens is 216 g/mol. The minimum atomic E-state index is -0.491. The third-order valence-corrected chi connectivity index (χ3v) is 2.94. The van der Waals surface area contributed by atoms with Crippen molar-refractivity contribution < 1.29 is 9.59 Å². The molecule has 1 saturated heterocycles. The molecule has 1 aliphatic rings. The predicted octanol–water partition coefficient (Wildman–Crippen LogP) is 0.0157. The van der Waals surface area contributed by atoms with Crippen LogP contribution in [0, 0.1) is 6.92 Å². The lowest BCUT2D eigenvalue weighted by atomic mass is 10.2. The van der Waals surface area contributed by atoms with Gasteiger partial charge in [0, 0.05) is 18.6 Å². The van der Waals surface area contributed by atoms with Gasteiger partial charge in [0.25, 0.3) is 5.91 Å². The van der Waals surface area contributed by atoms with Crippen LogP contribution in [-0.2, 0) is 9.59 Å². The van der Waals surface area contributed by atoms with Gasteiger partial charge in [0.15, 0.2) is 0 Å². The van der Waals surface area contributed by atoms with E-state index in [1.807, 2.05) is 0 Å². The zero-order valence-electron chi connectivity index (χ0n) is 8.35. The number of nitrogens with zero attached hydrogens (tertiary/aromatic N) is 3. The van der Waals surface area contributed by atoms with E-state index in [1.54, 1.807) is 6.92 Å². The first-order chi connectivity index (χ1) is 7.08. The van der Waals surface area contributed by atoms with Gasteiger partial charge in [-0.1, -0.05) is 0 Å². The smallest absolute Gasteiger partial charge is 0.251 e. The molecule has 2 amide bonds. The van der Waals surface area contributed by atoms with Crippen LogP contribution in [-0.4, -0.2) is 39.2 Å². The number of carbonyl (C=O) groups is 2. The van der Waals surface area contributed by atoms with Crippen molar-refractivity contribution in [2.45, 2.75) is 19.4 Å². The van der Waals surface area contributed by atoms with E-state index < -0.39 is 6.04 Å². The molecule has 0 radical (unpaired) electrons. The second kappa shape index (κ2) is 3.58. The van der Waals surface area contributed by atoms with E-state index in [2.05, 4.69) is 14.7 Å². The molecule has 1 unspecified atom stereocenters. The Hall–Kier alpha value is -1.50. The van der Waals surface area contributed by atoms with Gasteiger partial charge in [-0.3, -0.25) is 14.5 Å². The summed E-state index contributed by atoms with van der Waals surface area (Å²) >= 11 is 1.19. The van der Waals surface area contributed by atoms with Gasteiger partial charge in [-0.05, 0) is 6.92 Å². The summed E-state index contributed by atoms with van der Waals surface area (Å²) < 4.78 is 3.98. The highest BCUT2D eigenvalue weighted by Crippen LogP contribution is 2.18. The summed E-state index contributed by atoms with van der Waals surface area (Å²) in [4.78, 5) is 28.0. The van der Waals surface area contributed by atoms with Crippen molar-refractivity contribution in [3.63, 3.8) is 0 Å². The summed E-state index contributed by atoms with van der Waals surface area (Å²) in [5.74, 6) is 0.277. The van der Waals surface area contributed by atoms with Crippen molar-refractivity contribution in [3.05, 3.63) is 5.82 Å². The van der Waals surface area contributed by atoms with E-state index in [0.29, 0.717) is 11.0 Å². The van der Waals surface area contributed by atoms with Crippen LogP contribution >= 0.6 is 11.5 Å². The molecule has 1 N–H and O–H groups in total. The van der Waals surface area contributed by atoms with Crippen molar-refractivity contribution in [1.29, 1.82) is 0 Å². The maximum absolute atomic E-state index is 11.5. The molecule has 0 bridgehead atoms. The minimum absolute atomic E-state index is 0.168. The molecule has 0 aliphatic carbocycles. The molecule has 1 aromatic heterocycles. The maximum atomic E-state index is 11.5. The van der Waals surface area contributed by atoms with Crippen molar-refractivity contribution >= 4 is 28.5 Å². The number of hydrogen-bond acceptors (Lipinski definition) is 6. The van der Waals surface area contributed by atoms with Crippen molar-refractivity contribution in [1.82, 2.24) is 14.3 Å². The van der Waals surface area contributed by atoms with Crippen LogP contribution in [0.4, 0.5) is 5.13 Å². The summed E-state index contributed by atoms with van der Waals surface area (Å²) in [5, 5.41) is 3.48. The fourth-order valence-corrected chi connectivity index (χ4v) is 2.00. The van der Waals surface area contributed by atoms with Gasteiger partial charge in [0.1, 0.15) is 11.9 Å². The molecule has 0 spiro atoms. The van der Waals surface area contributed by atoms with E-state index in [9.17, 15) is 9.59 Å². The normalized spacial score (nSPS) is 21.2. The van der Waals surface area contributed by atoms with Crippen LogP contribution in [0.15, 0.2) is 0 Å². The summed E-state index contributed by atoms with van der Waals surface area (Å²) in [6, 6.07) is -0.491. The van der Waals surface area contributed by atoms with Gasteiger partial charge >= 0.3 is 0 Å². The number of anilines is 1. The Balaban J connectivity index is 2.08. The van der Waals surface area contributed by atoms with Gasteiger partial charge in [0.05, 0.1) is 6.42 Å². The lowest BCUT2D eigenvalue weighted by Crippen LogP contribution is -2.31. The Morgan fingerprint density at radius 3 is 2.73 bits per heavy atom. The molecule has 80 valence electrons. The Morgan fingerprint density at radius 2 is 2.27 bits per heavy atom. The molecule has 2 heterocycles. The van der Waals surface area contributed by atoms with Gasteiger partial charge in [0.2, 0.25) is 11.0 Å². The van der Waals surface area contributed by atoms with Crippen LogP contribution in [0.1, 0.15) is 12.2 Å². The van der Waals surface area contributed by atoms with Gasteiger partial charge < -0.3 is 5.32 Å². The quantitative estimate of drug-likeness (QED) is 0.719. The molecule has 1 atom stereocenters. The first-order valence-corrected chi connectivity index (χ1v) is 5.22. The highest BCUT2D eigenvalue weighted by atomic mass is 32.1. The maximum Gasteiger partial charge on any atom is 0.251 e. The van der Waals surface area contributed by atoms with Crippen molar-refractivity contribution in [2.75, 3.05) is 12.4 Å². The van der Waals surface area contributed by atoms with E-state index in [-0.39, 0.29) is 18.2 Å². The van der Waals surface area contributed by atoms with E-state index >= 15 is 0 Å². The highest BCUT2D eigenvalue weighted by molar-refractivity contribution is 7.09. The number of imide groups is 1. The molecule has 7 heteroatoms. The number of carbonyl (C=O) groups excluding carboxylic acids is 2. The number of likely N-dealkylation sites (tertiary alicyclic amines) is 1. The standard InChI is InChI=1S/C8H10N4O2S/c1-4-9-8(15-11-4)10-5-3-6(13)12(2)7(5)14/h5H,3H2,1-2H3,(H,9,10,11). The Morgan fingerprint density at radius 1 is 1.53 bits per heavy atom. The molecule has 2 rings (SSSR count). The molecule has 1 aromatic rings. The number of rotatable bonds is 2. The second-order valence-corrected chi connectivity index (χ2v) is 4.09. The fourth-order valence-electron chi connectivity index (χ4n) is 1.37. The number of amides is 2. The number of aryl methyl sites for hydroxylation is 1. The largest absolute Gasteiger partial charge is 0.348 e. The summed E-state index contributed by atoms with van der Waals surface area (Å²) in [6.07, 6.45) is 0.188. The molecule has 0 saturated carbocycles. The van der Waals surface area contributed by atoms with Gasteiger partial charge in [-0.15, -0.1) is 0 Å². The first kappa shape index (κ1) is 10.0. The summed E-state index contributed by atoms with van der Waals surface area (Å²) in [5.41, 5.74) is 0. The minimum Gasteiger partial charge on any atom is -0.348 e. The fraction of sp³-hybridized carbons (Fsp3) is 0.500. The third-order valence-electron chi connectivity index (χ3n) is 2.21. The van der Waals surface area contributed by atoms with Crippen LogP contribution in [0.25, 0.3) is 0 Å². The lowest BCUT2D eigenvalue weighted by molar-refractivity contribution is -0.136. The molecule has 6 nitrogen and oxygen atoms in total. The highest BCUT2D eigenvalue weighted by Gasteiger charge is 2.36. The molecule has 1 fully saturated rings. The first-order valence-electron chi connectivity index (χ1n) is 4.45.